The van der Waals surface area contributed by atoms with Crippen molar-refractivity contribution in [3.05, 3.63) is 108 Å². The lowest BCUT2D eigenvalue weighted by Gasteiger charge is -2.33. The summed E-state index contributed by atoms with van der Waals surface area (Å²) in [5, 5.41) is 10.2. The van der Waals surface area contributed by atoms with E-state index in [-0.39, 0.29) is 18.4 Å². The van der Waals surface area contributed by atoms with Gasteiger partial charge in [0.05, 0.1) is 0 Å². The maximum atomic E-state index is 13.8. The number of hydrogen-bond acceptors (Lipinski definition) is 2. The zero-order valence-corrected chi connectivity index (χ0v) is 15.2. The number of nitrogens with zero attached hydrogens (tertiary/aromatic N) is 1. The summed E-state index contributed by atoms with van der Waals surface area (Å²) >= 11 is 0. The number of amides is 1. The van der Waals surface area contributed by atoms with Crippen LogP contribution in [0.25, 0.3) is 0 Å². The molecule has 0 aromatic heterocycles. The van der Waals surface area contributed by atoms with Crippen LogP contribution in [0.3, 0.4) is 0 Å². The molecule has 1 N–H and O–H groups in total. The number of carbonyl (C=O) groups excluding carboxylic acids is 1. The van der Waals surface area contributed by atoms with Gasteiger partial charge in [0.2, 0.25) is 5.91 Å². The molecule has 1 aliphatic heterocycles. The summed E-state index contributed by atoms with van der Waals surface area (Å²) in [5.41, 5.74) is 2.12. The molecule has 1 atom stereocenters. The van der Waals surface area contributed by atoms with Crippen LogP contribution in [0.1, 0.15) is 16.7 Å². The highest BCUT2D eigenvalue weighted by Crippen LogP contribution is 2.46. The Morgan fingerprint density at radius 1 is 0.815 bits per heavy atom. The molecule has 3 heteroatoms. The zero-order chi connectivity index (χ0) is 18.7. The van der Waals surface area contributed by atoms with Crippen LogP contribution in [0.4, 0.5) is 0 Å². The number of rotatable bonds is 5. The van der Waals surface area contributed by atoms with Crippen molar-refractivity contribution >= 4 is 5.91 Å². The predicted octanol–water partition coefficient (Wildman–Crippen LogP) is 3.62. The van der Waals surface area contributed by atoms with Crippen LogP contribution in [0.15, 0.2) is 91.0 Å². The second-order valence-electron chi connectivity index (χ2n) is 7.09. The smallest absolute Gasteiger partial charge is 0.238 e. The van der Waals surface area contributed by atoms with Crippen LogP contribution in [0.5, 0.6) is 0 Å². The van der Waals surface area contributed by atoms with Crippen molar-refractivity contribution < 1.29 is 9.90 Å². The second-order valence-corrected chi connectivity index (χ2v) is 7.09. The third kappa shape index (κ3) is 2.94. The molecular weight excluding hydrogens is 334 g/mol. The SMILES string of the molecule is O=C1N(Cc2ccccc2)CC(CO)C1(c1ccccc1)c1ccccc1. The molecule has 0 saturated carbocycles. The molecule has 0 aliphatic carbocycles. The molecule has 1 fully saturated rings. The largest absolute Gasteiger partial charge is 0.396 e. The lowest BCUT2D eigenvalue weighted by Crippen LogP contribution is -2.42. The average Bonchev–Trinajstić information content (AvgIpc) is 3.02. The van der Waals surface area contributed by atoms with Gasteiger partial charge in [0.25, 0.3) is 0 Å². The third-order valence-electron chi connectivity index (χ3n) is 5.57. The van der Waals surface area contributed by atoms with E-state index in [0.717, 1.165) is 16.7 Å². The molecule has 0 bridgehead atoms. The van der Waals surface area contributed by atoms with Gasteiger partial charge >= 0.3 is 0 Å². The number of aliphatic hydroxyl groups excluding tert-OH is 1. The van der Waals surface area contributed by atoms with E-state index < -0.39 is 5.41 Å². The quantitative estimate of drug-likeness (QED) is 0.758. The van der Waals surface area contributed by atoms with Gasteiger partial charge in [0.15, 0.2) is 0 Å². The normalized spacial score (nSPS) is 18.6. The lowest BCUT2D eigenvalue weighted by atomic mass is 9.67. The summed E-state index contributed by atoms with van der Waals surface area (Å²) in [6.45, 7) is 1.05. The average molecular weight is 357 g/mol. The molecule has 1 unspecified atom stereocenters. The van der Waals surface area contributed by atoms with Gasteiger partial charge in [-0.1, -0.05) is 91.0 Å². The summed E-state index contributed by atoms with van der Waals surface area (Å²) in [6, 6.07) is 29.8. The summed E-state index contributed by atoms with van der Waals surface area (Å²) in [4.78, 5) is 15.7. The van der Waals surface area contributed by atoms with E-state index in [4.69, 9.17) is 0 Å². The van der Waals surface area contributed by atoms with Crippen LogP contribution in [-0.2, 0) is 16.8 Å². The number of hydrogen-bond donors (Lipinski definition) is 1. The van der Waals surface area contributed by atoms with E-state index in [1.165, 1.54) is 0 Å². The minimum absolute atomic E-state index is 0.0409. The first-order valence-electron chi connectivity index (χ1n) is 9.32. The maximum Gasteiger partial charge on any atom is 0.238 e. The van der Waals surface area contributed by atoms with Crippen molar-refractivity contribution in [1.82, 2.24) is 4.90 Å². The lowest BCUT2D eigenvalue weighted by molar-refractivity contribution is -0.132. The van der Waals surface area contributed by atoms with Crippen molar-refractivity contribution in [3.8, 4) is 0 Å². The first-order valence-corrected chi connectivity index (χ1v) is 9.32. The molecule has 0 spiro atoms. The molecule has 136 valence electrons. The van der Waals surface area contributed by atoms with Gasteiger partial charge in [-0.3, -0.25) is 4.79 Å². The van der Waals surface area contributed by atoms with E-state index in [0.29, 0.717) is 13.1 Å². The number of likely N-dealkylation sites (tertiary alicyclic amines) is 1. The minimum Gasteiger partial charge on any atom is -0.396 e. The zero-order valence-electron chi connectivity index (χ0n) is 15.2. The maximum absolute atomic E-state index is 13.8. The predicted molar refractivity (Wildman–Crippen MR) is 106 cm³/mol. The Balaban J connectivity index is 1.83. The first kappa shape index (κ1) is 17.5. The highest BCUT2D eigenvalue weighted by molar-refractivity contribution is 5.94. The van der Waals surface area contributed by atoms with Crippen LogP contribution < -0.4 is 0 Å². The number of benzene rings is 3. The molecular formula is C24H23NO2. The van der Waals surface area contributed by atoms with E-state index in [1.54, 1.807) is 0 Å². The first-order chi connectivity index (χ1) is 13.3. The third-order valence-corrected chi connectivity index (χ3v) is 5.57. The molecule has 0 radical (unpaired) electrons. The Morgan fingerprint density at radius 2 is 1.30 bits per heavy atom. The van der Waals surface area contributed by atoms with Crippen LogP contribution in [0.2, 0.25) is 0 Å². The molecule has 3 nitrogen and oxygen atoms in total. The Labute approximate surface area is 159 Å². The molecule has 1 amide bonds. The number of carbonyl (C=O) groups is 1. The summed E-state index contributed by atoms with van der Waals surface area (Å²) in [7, 11) is 0. The molecule has 3 aromatic carbocycles. The Morgan fingerprint density at radius 3 is 1.78 bits per heavy atom. The minimum atomic E-state index is -0.855. The van der Waals surface area contributed by atoms with E-state index in [9.17, 15) is 9.90 Å². The van der Waals surface area contributed by atoms with E-state index in [2.05, 4.69) is 0 Å². The van der Waals surface area contributed by atoms with Gasteiger partial charge < -0.3 is 10.0 Å². The highest BCUT2D eigenvalue weighted by atomic mass is 16.3. The van der Waals surface area contributed by atoms with Gasteiger partial charge in [0.1, 0.15) is 5.41 Å². The fraction of sp³-hybridized carbons (Fsp3) is 0.208. The fourth-order valence-electron chi connectivity index (χ4n) is 4.33. The Hall–Kier alpha value is -2.91. The summed E-state index contributed by atoms with van der Waals surface area (Å²) in [6.07, 6.45) is 0. The second kappa shape index (κ2) is 7.37. The topological polar surface area (TPSA) is 40.5 Å². The van der Waals surface area contributed by atoms with Crippen LogP contribution in [0, 0.1) is 5.92 Å². The van der Waals surface area contributed by atoms with Gasteiger partial charge in [0, 0.05) is 25.6 Å². The van der Waals surface area contributed by atoms with Gasteiger partial charge in [-0.15, -0.1) is 0 Å². The van der Waals surface area contributed by atoms with Gasteiger partial charge in [-0.25, -0.2) is 0 Å². The van der Waals surface area contributed by atoms with Gasteiger partial charge in [-0.2, -0.15) is 0 Å². The molecule has 3 aromatic rings. The van der Waals surface area contributed by atoms with E-state index >= 15 is 0 Å². The van der Waals surface area contributed by atoms with Crippen molar-refractivity contribution in [3.63, 3.8) is 0 Å². The summed E-state index contributed by atoms with van der Waals surface area (Å²) < 4.78 is 0. The summed E-state index contributed by atoms with van der Waals surface area (Å²) in [5.74, 6) is -0.138. The molecule has 1 aliphatic rings. The van der Waals surface area contributed by atoms with Crippen molar-refractivity contribution in [2.24, 2.45) is 5.92 Å². The fourth-order valence-corrected chi connectivity index (χ4v) is 4.33. The molecule has 1 heterocycles. The van der Waals surface area contributed by atoms with Crippen molar-refractivity contribution in [2.75, 3.05) is 13.2 Å². The Bertz CT molecular complexity index is 854. The van der Waals surface area contributed by atoms with Gasteiger partial charge in [-0.05, 0) is 16.7 Å². The molecule has 4 rings (SSSR count). The monoisotopic (exact) mass is 357 g/mol. The standard InChI is InChI=1S/C24H23NO2/c26-18-22-17-25(16-19-10-4-1-5-11-19)23(27)24(22,20-12-6-2-7-13-20)21-14-8-3-9-15-21/h1-15,22,26H,16-18H2. The van der Waals surface area contributed by atoms with E-state index in [1.807, 2.05) is 95.9 Å². The number of aliphatic hydroxyl groups is 1. The Kier molecular flexibility index (Phi) is 4.78. The highest BCUT2D eigenvalue weighted by Gasteiger charge is 2.55. The van der Waals surface area contributed by atoms with Crippen LogP contribution in [-0.4, -0.2) is 29.1 Å². The van der Waals surface area contributed by atoms with Crippen molar-refractivity contribution in [2.45, 2.75) is 12.0 Å². The molecule has 27 heavy (non-hydrogen) atoms. The molecule has 1 saturated heterocycles. The van der Waals surface area contributed by atoms with Crippen LogP contribution >= 0.6 is 0 Å². The van der Waals surface area contributed by atoms with Crippen molar-refractivity contribution in [1.29, 1.82) is 0 Å².